The molecule has 0 atom stereocenters. The third-order valence-corrected chi connectivity index (χ3v) is 14.1. The first-order valence-electron chi connectivity index (χ1n) is 22.6. The lowest BCUT2D eigenvalue weighted by Crippen LogP contribution is -2.10. The van der Waals surface area contributed by atoms with Gasteiger partial charge in [-0.25, -0.2) is 0 Å². The van der Waals surface area contributed by atoms with Crippen LogP contribution in [-0.4, -0.2) is 0 Å². The quantitative estimate of drug-likeness (QED) is 0.177. The molecule has 66 heavy (non-hydrogen) atoms. The molecule has 15 rings (SSSR count). The number of nitrogens with zero attached hydrogens (tertiary/aromatic N) is 1. The molecule has 0 aliphatic carbocycles. The van der Waals surface area contributed by atoms with Crippen LogP contribution in [0.4, 0.5) is 17.1 Å². The maximum Gasteiger partial charge on any atom is 0.147 e. The molecule has 0 amide bonds. The summed E-state index contributed by atoms with van der Waals surface area (Å²) in [6.45, 7) is 4.47. The topological polar surface area (TPSA) is 55.8 Å². The zero-order chi connectivity index (χ0) is 43.4. The Morgan fingerprint density at radius 3 is 1.17 bits per heavy atom. The summed E-state index contributed by atoms with van der Waals surface area (Å²) in [6.07, 6.45) is 0. The van der Waals surface area contributed by atoms with E-state index in [1.165, 1.54) is 16.3 Å². The zero-order valence-electron chi connectivity index (χ0n) is 36.0. The van der Waals surface area contributed by atoms with Crippen LogP contribution >= 0.6 is 0 Å². The Kier molecular flexibility index (Phi) is 7.08. The molecule has 15 aromatic rings. The summed E-state index contributed by atoms with van der Waals surface area (Å²) in [5.41, 5.74) is 11.2. The SMILES string of the molecule is CC(C)c1ccc(N(c2ccc3cc4c(cc3c2)oc2ccc3c5cc6ccccc6cc5oc3c24)c2ccc3cc4c(cc3c2)oc2ccc3c5cc6ccccc6cc5oc3c24)cc1. The van der Waals surface area contributed by atoms with E-state index >= 15 is 0 Å². The van der Waals surface area contributed by atoms with Gasteiger partial charge in [-0.05, 0) is 164 Å². The van der Waals surface area contributed by atoms with E-state index in [4.69, 9.17) is 17.7 Å². The van der Waals surface area contributed by atoms with Crippen LogP contribution in [0.25, 0.3) is 131 Å². The van der Waals surface area contributed by atoms with Gasteiger partial charge in [0.15, 0.2) is 0 Å². The molecule has 0 N–H and O–H groups in total. The molecule has 11 aromatic carbocycles. The predicted octanol–water partition coefficient (Wildman–Crippen LogP) is 18.5. The van der Waals surface area contributed by atoms with Gasteiger partial charge in [-0.3, -0.25) is 0 Å². The van der Waals surface area contributed by atoms with Gasteiger partial charge in [-0.2, -0.15) is 0 Å². The molecule has 0 saturated carbocycles. The molecule has 0 radical (unpaired) electrons. The maximum atomic E-state index is 6.66. The van der Waals surface area contributed by atoms with Crippen molar-refractivity contribution in [2.45, 2.75) is 19.8 Å². The maximum absolute atomic E-state index is 6.66. The largest absolute Gasteiger partial charge is 0.456 e. The number of fused-ring (bicyclic) bond motifs is 18. The second-order valence-corrected chi connectivity index (χ2v) is 18.3. The first kappa shape index (κ1) is 35.9. The third-order valence-electron chi connectivity index (χ3n) is 14.1. The summed E-state index contributed by atoms with van der Waals surface area (Å²) in [6, 6.07) is 65.3. The second kappa shape index (κ2) is 13.0. The summed E-state index contributed by atoms with van der Waals surface area (Å²) < 4.78 is 26.6. The van der Waals surface area contributed by atoms with Crippen LogP contribution in [0.3, 0.4) is 0 Å². The average molecular weight is 848 g/mol. The average Bonchev–Trinajstić information content (AvgIpc) is 4.10. The van der Waals surface area contributed by atoms with Gasteiger partial charge in [0.2, 0.25) is 0 Å². The number of anilines is 3. The minimum atomic E-state index is 0.423. The fourth-order valence-corrected chi connectivity index (χ4v) is 10.8. The van der Waals surface area contributed by atoms with Gasteiger partial charge in [0.1, 0.15) is 44.7 Å². The van der Waals surface area contributed by atoms with Crippen LogP contribution in [0.1, 0.15) is 25.3 Å². The highest BCUT2D eigenvalue weighted by atomic mass is 16.4. The number of benzene rings is 11. The number of hydrogen-bond donors (Lipinski definition) is 0. The first-order valence-corrected chi connectivity index (χ1v) is 22.6. The van der Waals surface area contributed by atoms with Crippen molar-refractivity contribution in [3.8, 4) is 0 Å². The van der Waals surface area contributed by atoms with Gasteiger partial charge in [0, 0.05) is 49.4 Å². The normalized spacial score (nSPS) is 12.5. The van der Waals surface area contributed by atoms with Gasteiger partial charge in [-0.1, -0.05) is 86.6 Å². The molecular formula is C61H37NO4. The van der Waals surface area contributed by atoms with Crippen molar-refractivity contribution in [1.82, 2.24) is 0 Å². The van der Waals surface area contributed by atoms with Crippen LogP contribution in [0.2, 0.25) is 0 Å². The van der Waals surface area contributed by atoms with Crippen LogP contribution in [-0.2, 0) is 0 Å². The Balaban J connectivity index is 0.877. The molecule has 5 nitrogen and oxygen atoms in total. The molecule has 4 heterocycles. The summed E-state index contributed by atoms with van der Waals surface area (Å²) in [7, 11) is 0. The Labute approximate surface area is 376 Å². The minimum absolute atomic E-state index is 0.423. The summed E-state index contributed by atoms with van der Waals surface area (Å²) in [5, 5.41) is 17.7. The minimum Gasteiger partial charge on any atom is -0.456 e. The molecule has 0 saturated heterocycles. The van der Waals surface area contributed by atoms with E-state index in [1.54, 1.807) is 0 Å². The van der Waals surface area contributed by atoms with Crippen molar-refractivity contribution in [1.29, 1.82) is 0 Å². The van der Waals surface area contributed by atoms with Gasteiger partial charge in [0.05, 0.1) is 10.8 Å². The lowest BCUT2D eigenvalue weighted by molar-refractivity contribution is 0.662. The zero-order valence-corrected chi connectivity index (χ0v) is 36.0. The number of furan rings is 4. The van der Waals surface area contributed by atoms with Gasteiger partial charge < -0.3 is 22.6 Å². The van der Waals surface area contributed by atoms with Crippen LogP contribution in [0, 0.1) is 0 Å². The van der Waals surface area contributed by atoms with Gasteiger partial charge in [0.25, 0.3) is 0 Å². The fourth-order valence-electron chi connectivity index (χ4n) is 10.8. The fraction of sp³-hybridized carbons (Fsp3) is 0.0492. The smallest absolute Gasteiger partial charge is 0.147 e. The van der Waals surface area contributed by atoms with E-state index in [0.29, 0.717) is 5.92 Å². The highest BCUT2D eigenvalue weighted by Crippen LogP contribution is 2.45. The Hall–Kier alpha value is -8.54. The van der Waals surface area contributed by atoms with Gasteiger partial charge >= 0.3 is 0 Å². The molecule has 0 aliphatic rings. The standard InChI is InChI=1S/C61H37NO4/c1-33(2)34-11-15-43(16-12-34)62(44-17-13-39-27-50-56(31-41(39)23-44)63-52-21-19-46-48-25-35-7-3-5-9-37(35)29-54(48)65-60(46)58(50)52)45-18-14-40-28-51-57(32-42(40)24-45)64-53-22-20-47-49-26-36-8-4-6-10-38(36)30-55(49)66-61(47)59(51)53/h3-33H,1-2H3. The number of hydrogen-bond acceptors (Lipinski definition) is 5. The van der Waals surface area contributed by atoms with E-state index in [-0.39, 0.29) is 0 Å². The van der Waals surface area contributed by atoms with Crippen molar-refractivity contribution >= 4 is 148 Å². The Morgan fingerprint density at radius 2 is 0.697 bits per heavy atom. The van der Waals surface area contributed by atoms with Crippen molar-refractivity contribution in [3.63, 3.8) is 0 Å². The second-order valence-electron chi connectivity index (χ2n) is 18.3. The lowest BCUT2D eigenvalue weighted by Gasteiger charge is -2.26. The number of rotatable bonds is 4. The van der Waals surface area contributed by atoms with Crippen LogP contribution < -0.4 is 4.90 Å². The van der Waals surface area contributed by atoms with Crippen molar-refractivity contribution in [2.24, 2.45) is 0 Å². The van der Waals surface area contributed by atoms with Crippen molar-refractivity contribution in [2.75, 3.05) is 4.90 Å². The van der Waals surface area contributed by atoms with E-state index in [2.05, 4.69) is 201 Å². The molecule has 0 unspecified atom stereocenters. The molecular weight excluding hydrogens is 811 g/mol. The molecule has 310 valence electrons. The Bertz CT molecular complexity index is 4290. The molecule has 0 spiro atoms. The third kappa shape index (κ3) is 5.11. The highest BCUT2D eigenvalue weighted by molar-refractivity contribution is 6.26. The first-order chi connectivity index (χ1) is 32.5. The van der Waals surface area contributed by atoms with Crippen LogP contribution in [0.15, 0.2) is 200 Å². The van der Waals surface area contributed by atoms with Gasteiger partial charge in [-0.15, -0.1) is 0 Å². The monoisotopic (exact) mass is 847 g/mol. The summed E-state index contributed by atoms with van der Waals surface area (Å²) >= 11 is 0. The highest BCUT2D eigenvalue weighted by Gasteiger charge is 2.21. The Morgan fingerprint density at radius 1 is 0.303 bits per heavy atom. The van der Waals surface area contributed by atoms with E-state index in [9.17, 15) is 0 Å². The summed E-state index contributed by atoms with van der Waals surface area (Å²) in [5.74, 6) is 0.423. The molecule has 4 aromatic heterocycles. The van der Waals surface area contributed by atoms with Crippen LogP contribution in [0.5, 0.6) is 0 Å². The van der Waals surface area contributed by atoms with Crippen molar-refractivity contribution < 1.29 is 17.7 Å². The molecule has 0 fully saturated rings. The predicted molar refractivity (Wildman–Crippen MR) is 274 cm³/mol. The van der Waals surface area contributed by atoms with E-state index < -0.39 is 0 Å². The molecule has 0 aliphatic heterocycles. The molecule has 0 bridgehead atoms. The molecule has 5 heteroatoms. The lowest BCUT2D eigenvalue weighted by atomic mass is 10.0. The van der Waals surface area contributed by atoms with E-state index in [1.807, 2.05) is 0 Å². The summed E-state index contributed by atoms with van der Waals surface area (Å²) in [4.78, 5) is 2.35. The van der Waals surface area contributed by atoms with Crippen molar-refractivity contribution in [3.05, 3.63) is 188 Å². The van der Waals surface area contributed by atoms with E-state index in [0.717, 1.165) is 137 Å².